The first-order valence-corrected chi connectivity index (χ1v) is 10.1. The summed E-state index contributed by atoms with van der Waals surface area (Å²) in [4.78, 5) is 20.9. The van der Waals surface area contributed by atoms with Gasteiger partial charge in [-0.15, -0.1) is 0 Å². The van der Waals surface area contributed by atoms with Gasteiger partial charge >= 0.3 is 6.18 Å². The molecule has 0 saturated carbocycles. The van der Waals surface area contributed by atoms with Gasteiger partial charge < -0.3 is 9.80 Å². The minimum Gasteiger partial charge on any atom is -0.368 e. The fraction of sp³-hybridized carbons (Fsp3) is 0.217. The summed E-state index contributed by atoms with van der Waals surface area (Å²) < 4.78 is 38.3. The molecule has 1 aromatic heterocycles. The van der Waals surface area contributed by atoms with Gasteiger partial charge in [0.2, 0.25) is 0 Å². The summed E-state index contributed by atoms with van der Waals surface area (Å²) in [5.74, 6) is -0.107. The van der Waals surface area contributed by atoms with Gasteiger partial charge in [-0.3, -0.25) is 9.78 Å². The third kappa shape index (κ3) is 4.82. The summed E-state index contributed by atoms with van der Waals surface area (Å²) in [5.41, 5.74) is 1.72. The van der Waals surface area contributed by atoms with E-state index in [1.54, 1.807) is 29.2 Å². The van der Waals surface area contributed by atoms with Crippen LogP contribution in [0.15, 0.2) is 66.9 Å². The zero-order valence-electron chi connectivity index (χ0n) is 16.4. The van der Waals surface area contributed by atoms with Gasteiger partial charge in [0.25, 0.3) is 5.91 Å². The lowest BCUT2D eigenvalue weighted by Gasteiger charge is -2.36. The number of carbonyl (C=O) groups is 1. The number of aromatic nitrogens is 1. The Hall–Kier alpha value is -3.06. The van der Waals surface area contributed by atoms with Crippen LogP contribution in [0, 0.1) is 0 Å². The zero-order valence-corrected chi connectivity index (χ0v) is 17.2. The summed E-state index contributed by atoms with van der Waals surface area (Å²) >= 11 is 5.94. The second kappa shape index (κ2) is 8.59. The molecule has 0 N–H and O–H groups in total. The average molecular weight is 446 g/mol. The molecule has 31 heavy (non-hydrogen) atoms. The molecule has 0 bridgehead atoms. The number of nitrogens with zero attached hydrogens (tertiary/aromatic N) is 3. The highest BCUT2D eigenvalue weighted by Crippen LogP contribution is 2.30. The summed E-state index contributed by atoms with van der Waals surface area (Å²) in [7, 11) is 0. The molecule has 1 amide bonds. The number of hydrogen-bond acceptors (Lipinski definition) is 3. The first kappa shape index (κ1) is 21.2. The molecule has 2 heterocycles. The van der Waals surface area contributed by atoms with E-state index < -0.39 is 11.7 Å². The van der Waals surface area contributed by atoms with Crippen LogP contribution in [0.5, 0.6) is 0 Å². The van der Waals surface area contributed by atoms with Crippen molar-refractivity contribution in [3.05, 3.63) is 83.0 Å². The van der Waals surface area contributed by atoms with Gasteiger partial charge in [0.05, 0.1) is 11.3 Å². The van der Waals surface area contributed by atoms with Crippen LogP contribution in [0.2, 0.25) is 5.02 Å². The maximum atomic E-state index is 13.0. The molecule has 1 fully saturated rings. The van der Waals surface area contributed by atoms with Crippen molar-refractivity contribution in [1.29, 1.82) is 0 Å². The Morgan fingerprint density at radius 2 is 1.65 bits per heavy atom. The van der Waals surface area contributed by atoms with Gasteiger partial charge in [-0.25, -0.2) is 0 Å². The topological polar surface area (TPSA) is 36.4 Å². The molecule has 0 unspecified atom stereocenters. The van der Waals surface area contributed by atoms with E-state index in [-0.39, 0.29) is 5.91 Å². The fourth-order valence-electron chi connectivity index (χ4n) is 3.55. The predicted molar refractivity (Wildman–Crippen MR) is 114 cm³/mol. The van der Waals surface area contributed by atoms with Crippen LogP contribution in [-0.4, -0.2) is 42.0 Å². The molecule has 3 aromatic rings. The van der Waals surface area contributed by atoms with Gasteiger partial charge in [0, 0.05) is 54.2 Å². The molecule has 4 rings (SSSR count). The van der Waals surface area contributed by atoms with Gasteiger partial charge in [0.1, 0.15) is 0 Å². The number of rotatable bonds is 3. The van der Waals surface area contributed by atoms with Crippen LogP contribution in [0.25, 0.3) is 11.3 Å². The lowest BCUT2D eigenvalue weighted by molar-refractivity contribution is -0.137. The van der Waals surface area contributed by atoms with Crippen LogP contribution < -0.4 is 4.90 Å². The normalized spacial score (nSPS) is 14.6. The number of amides is 1. The van der Waals surface area contributed by atoms with Crippen molar-refractivity contribution in [2.75, 3.05) is 31.1 Å². The lowest BCUT2D eigenvalue weighted by atomic mass is 10.1. The number of alkyl halides is 3. The van der Waals surface area contributed by atoms with E-state index in [1.807, 2.05) is 24.3 Å². The molecular formula is C23H19ClF3N3O. The second-order valence-electron chi connectivity index (χ2n) is 7.27. The number of pyridine rings is 1. The number of anilines is 1. The molecule has 1 aliphatic heterocycles. The smallest absolute Gasteiger partial charge is 0.368 e. The maximum Gasteiger partial charge on any atom is 0.417 e. The van der Waals surface area contributed by atoms with Crippen molar-refractivity contribution >= 4 is 23.2 Å². The van der Waals surface area contributed by atoms with Crippen molar-refractivity contribution < 1.29 is 18.0 Å². The van der Waals surface area contributed by atoms with Gasteiger partial charge in [0.15, 0.2) is 0 Å². The largest absolute Gasteiger partial charge is 0.417 e. The number of carbonyl (C=O) groups excluding carboxylic acids is 1. The van der Waals surface area contributed by atoms with Crippen molar-refractivity contribution in [3.63, 3.8) is 0 Å². The summed E-state index contributed by atoms with van der Waals surface area (Å²) in [5, 5.41) is 0.681. The minimum atomic E-state index is -4.43. The van der Waals surface area contributed by atoms with Crippen LogP contribution in [-0.2, 0) is 6.18 Å². The Balaban J connectivity index is 1.44. The highest BCUT2D eigenvalue weighted by molar-refractivity contribution is 6.30. The van der Waals surface area contributed by atoms with Gasteiger partial charge in [-0.05, 0) is 48.5 Å². The Labute approximate surface area is 182 Å². The van der Waals surface area contributed by atoms with E-state index in [2.05, 4.69) is 9.88 Å². The van der Waals surface area contributed by atoms with Crippen molar-refractivity contribution in [1.82, 2.24) is 9.88 Å². The van der Waals surface area contributed by atoms with E-state index in [9.17, 15) is 18.0 Å². The minimum absolute atomic E-state index is 0.107. The van der Waals surface area contributed by atoms with Crippen LogP contribution in [0.1, 0.15) is 15.9 Å². The van der Waals surface area contributed by atoms with Gasteiger partial charge in [-0.1, -0.05) is 23.7 Å². The Bertz CT molecular complexity index is 1060. The molecule has 0 aliphatic carbocycles. The molecule has 0 atom stereocenters. The summed E-state index contributed by atoms with van der Waals surface area (Å²) in [6.07, 6.45) is -3.63. The van der Waals surface area contributed by atoms with Crippen molar-refractivity contribution in [2.45, 2.75) is 6.18 Å². The highest BCUT2D eigenvalue weighted by Gasteiger charge is 2.30. The first-order valence-electron chi connectivity index (χ1n) is 9.75. The molecule has 4 nitrogen and oxygen atoms in total. The van der Waals surface area contributed by atoms with E-state index in [0.717, 1.165) is 18.0 Å². The quantitative estimate of drug-likeness (QED) is 0.543. The summed E-state index contributed by atoms with van der Waals surface area (Å²) in [6.45, 7) is 2.55. The number of piperazine rings is 1. The van der Waals surface area contributed by atoms with E-state index >= 15 is 0 Å². The molecular weight excluding hydrogens is 427 g/mol. The highest BCUT2D eigenvalue weighted by atomic mass is 35.5. The van der Waals surface area contributed by atoms with Crippen LogP contribution >= 0.6 is 11.6 Å². The predicted octanol–water partition coefficient (Wildman–Crippen LogP) is 5.38. The standard InChI is InChI=1S/C23H19ClF3N3O/c24-19-5-7-20(8-6-19)29-10-12-30(13-11-29)22(31)17-3-1-2-16(14-17)21-9-4-18(15-28-21)23(25,26)27/h1-9,14-15H,10-13H2. The van der Waals surface area contributed by atoms with E-state index in [0.29, 0.717) is 48.0 Å². The van der Waals surface area contributed by atoms with Crippen molar-refractivity contribution in [2.24, 2.45) is 0 Å². The van der Waals surface area contributed by atoms with Crippen LogP contribution in [0.4, 0.5) is 18.9 Å². The molecule has 8 heteroatoms. The molecule has 0 radical (unpaired) electrons. The number of hydrogen-bond donors (Lipinski definition) is 0. The Morgan fingerprint density at radius 1 is 0.935 bits per heavy atom. The average Bonchev–Trinajstić information content (AvgIpc) is 2.79. The molecule has 160 valence electrons. The number of halogens is 4. The SMILES string of the molecule is O=C(c1cccc(-c2ccc(C(F)(F)F)cn2)c1)N1CCN(c2ccc(Cl)cc2)CC1. The van der Waals surface area contributed by atoms with Crippen LogP contribution in [0.3, 0.4) is 0 Å². The molecule has 1 saturated heterocycles. The van der Waals surface area contributed by atoms with E-state index in [4.69, 9.17) is 11.6 Å². The second-order valence-corrected chi connectivity index (χ2v) is 7.70. The first-order chi connectivity index (χ1) is 14.8. The van der Waals surface area contributed by atoms with E-state index in [1.165, 1.54) is 6.07 Å². The maximum absolute atomic E-state index is 13.0. The third-order valence-electron chi connectivity index (χ3n) is 5.25. The fourth-order valence-corrected chi connectivity index (χ4v) is 3.67. The third-order valence-corrected chi connectivity index (χ3v) is 5.51. The molecule has 2 aromatic carbocycles. The molecule has 1 aliphatic rings. The Kier molecular flexibility index (Phi) is 5.87. The lowest BCUT2D eigenvalue weighted by Crippen LogP contribution is -2.48. The zero-order chi connectivity index (χ0) is 22.0. The Morgan fingerprint density at radius 3 is 2.26 bits per heavy atom. The molecule has 0 spiro atoms. The van der Waals surface area contributed by atoms with Gasteiger partial charge in [-0.2, -0.15) is 13.2 Å². The monoisotopic (exact) mass is 445 g/mol. The summed E-state index contributed by atoms with van der Waals surface area (Å²) in [6, 6.07) is 16.7. The number of benzene rings is 2. The van der Waals surface area contributed by atoms with Crippen molar-refractivity contribution in [3.8, 4) is 11.3 Å².